The molecule has 1 saturated heterocycles. The highest BCUT2D eigenvalue weighted by Gasteiger charge is 2.36. The Morgan fingerprint density at radius 1 is 1.25 bits per heavy atom. The van der Waals surface area contributed by atoms with E-state index in [1.165, 1.54) is 11.1 Å². The molecule has 1 aliphatic heterocycles. The first-order valence-electron chi connectivity index (χ1n) is 6.99. The zero-order chi connectivity index (χ0) is 14.9. The minimum Gasteiger partial charge on any atom is -0.336 e. The fourth-order valence-corrected chi connectivity index (χ4v) is 3.68. The summed E-state index contributed by atoms with van der Waals surface area (Å²) in [7, 11) is 4.19. The molecule has 0 aliphatic carbocycles. The molecule has 2 unspecified atom stereocenters. The van der Waals surface area contributed by atoms with E-state index in [-0.39, 0.29) is 5.91 Å². The van der Waals surface area contributed by atoms with Gasteiger partial charge in [-0.15, -0.1) is 0 Å². The van der Waals surface area contributed by atoms with Crippen molar-refractivity contribution in [3.63, 3.8) is 0 Å². The van der Waals surface area contributed by atoms with Crippen LogP contribution in [0.5, 0.6) is 0 Å². The Morgan fingerprint density at radius 3 is 2.45 bits per heavy atom. The molecule has 0 N–H and O–H groups in total. The number of hydrogen-bond acceptors (Lipinski definition) is 3. The van der Waals surface area contributed by atoms with E-state index in [1.807, 2.05) is 34.9 Å². The van der Waals surface area contributed by atoms with Crippen LogP contribution in [0.3, 0.4) is 0 Å². The maximum Gasteiger partial charge on any atom is 0.253 e. The van der Waals surface area contributed by atoms with Crippen molar-refractivity contribution < 1.29 is 4.79 Å². The molecule has 4 heteroatoms. The van der Waals surface area contributed by atoms with E-state index < -0.39 is 0 Å². The Hall–Kier alpha value is -1.00. The summed E-state index contributed by atoms with van der Waals surface area (Å²) < 4.78 is 0. The lowest BCUT2D eigenvalue weighted by molar-refractivity contribution is 0.0783. The van der Waals surface area contributed by atoms with Crippen LogP contribution < -0.4 is 0 Å². The second-order valence-electron chi connectivity index (χ2n) is 5.81. The van der Waals surface area contributed by atoms with Crippen molar-refractivity contribution in [1.29, 1.82) is 0 Å². The third-order valence-corrected chi connectivity index (χ3v) is 5.31. The number of likely N-dealkylation sites (N-methyl/N-ethyl adjacent to an activating group) is 1. The van der Waals surface area contributed by atoms with E-state index in [0.717, 1.165) is 18.7 Å². The van der Waals surface area contributed by atoms with E-state index in [4.69, 9.17) is 0 Å². The number of thioether (sulfide) groups is 1. The van der Waals surface area contributed by atoms with E-state index in [1.54, 1.807) is 0 Å². The van der Waals surface area contributed by atoms with Crippen molar-refractivity contribution in [2.24, 2.45) is 0 Å². The summed E-state index contributed by atoms with van der Waals surface area (Å²) in [4.78, 5) is 16.9. The predicted octanol–water partition coefficient (Wildman–Crippen LogP) is 2.42. The lowest BCUT2D eigenvalue weighted by Gasteiger charge is -2.23. The van der Waals surface area contributed by atoms with Gasteiger partial charge in [-0.05, 0) is 57.5 Å². The molecule has 0 saturated carbocycles. The first kappa shape index (κ1) is 15.4. The van der Waals surface area contributed by atoms with Crippen LogP contribution in [0, 0.1) is 13.8 Å². The monoisotopic (exact) mass is 292 g/mol. The summed E-state index contributed by atoms with van der Waals surface area (Å²) in [5.74, 6) is 0.163. The average Bonchev–Trinajstić information content (AvgIpc) is 2.85. The van der Waals surface area contributed by atoms with Gasteiger partial charge in [0.25, 0.3) is 5.91 Å². The third kappa shape index (κ3) is 3.01. The minimum absolute atomic E-state index is 0.163. The Balaban J connectivity index is 2.16. The highest BCUT2D eigenvalue weighted by molar-refractivity contribution is 7.99. The first-order valence-corrected chi connectivity index (χ1v) is 8.28. The Morgan fingerprint density at radius 2 is 1.95 bits per heavy atom. The number of rotatable bonds is 3. The zero-order valence-electron chi connectivity index (χ0n) is 13.0. The highest BCUT2D eigenvalue weighted by Crippen LogP contribution is 2.25. The number of likely N-dealkylation sites (tertiary alicyclic amines) is 1. The molecule has 2 atom stereocenters. The molecule has 1 aromatic carbocycles. The number of amides is 1. The predicted molar refractivity (Wildman–Crippen MR) is 86.6 cm³/mol. The van der Waals surface area contributed by atoms with Crippen molar-refractivity contribution in [3.8, 4) is 0 Å². The van der Waals surface area contributed by atoms with Gasteiger partial charge in [0, 0.05) is 29.9 Å². The quantitative estimate of drug-likeness (QED) is 0.855. The number of nitrogens with zero attached hydrogens (tertiary/aromatic N) is 2. The maximum atomic E-state index is 12.6. The summed E-state index contributed by atoms with van der Waals surface area (Å²) in [6.07, 6.45) is 2.13. The van der Waals surface area contributed by atoms with Crippen LogP contribution in [0.25, 0.3) is 0 Å². The van der Waals surface area contributed by atoms with E-state index in [9.17, 15) is 4.79 Å². The van der Waals surface area contributed by atoms with Gasteiger partial charge in [0.1, 0.15) is 0 Å². The summed E-state index contributed by atoms with van der Waals surface area (Å²) in [5.41, 5.74) is 3.23. The van der Waals surface area contributed by atoms with Gasteiger partial charge in [-0.25, -0.2) is 0 Å². The molecule has 0 bridgehead atoms. The van der Waals surface area contributed by atoms with Crippen LogP contribution in [0.2, 0.25) is 0 Å². The molecule has 0 aromatic heterocycles. The summed E-state index contributed by atoms with van der Waals surface area (Å²) in [6.45, 7) is 5.80. The molecular formula is C16H24N2OS. The summed E-state index contributed by atoms with van der Waals surface area (Å²) in [5, 5.41) is 0.500. The van der Waals surface area contributed by atoms with Crippen molar-refractivity contribution >= 4 is 17.7 Å². The Bertz CT molecular complexity index is 501. The van der Waals surface area contributed by atoms with E-state index in [2.05, 4.69) is 39.1 Å². The lowest BCUT2D eigenvalue weighted by atomic mass is 10.1. The number of hydrogen-bond donors (Lipinski definition) is 0. The molecule has 1 aromatic rings. The van der Waals surface area contributed by atoms with Gasteiger partial charge in [-0.1, -0.05) is 6.07 Å². The van der Waals surface area contributed by atoms with Crippen LogP contribution in [-0.4, -0.2) is 60.4 Å². The maximum absolute atomic E-state index is 12.6. The number of aryl methyl sites for hydroxylation is 2. The smallest absolute Gasteiger partial charge is 0.253 e. The molecule has 2 rings (SSSR count). The topological polar surface area (TPSA) is 23.6 Å². The normalized spacial score (nSPS) is 22.6. The van der Waals surface area contributed by atoms with Crippen molar-refractivity contribution in [2.75, 3.05) is 33.4 Å². The van der Waals surface area contributed by atoms with E-state index in [0.29, 0.717) is 11.3 Å². The standard InChI is InChI=1S/C16H24N2OS/c1-11-6-7-13(8-12(11)2)16(19)18-9-14(17(3)4)15(10-18)20-5/h6-8,14-15H,9-10H2,1-5H3. The lowest BCUT2D eigenvalue weighted by Crippen LogP contribution is -2.37. The van der Waals surface area contributed by atoms with Gasteiger partial charge in [-0.2, -0.15) is 11.8 Å². The molecule has 1 aliphatic rings. The van der Waals surface area contributed by atoms with Gasteiger partial charge < -0.3 is 9.80 Å². The second kappa shape index (κ2) is 6.19. The third-order valence-electron chi connectivity index (χ3n) is 4.24. The highest BCUT2D eigenvalue weighted by atomic mass is 32.2. The molecule has 0 spiro atoms. The van der Waals surface area contributed by atoms with Crippen LogP contribution in [0.4, 0.5) is 0 Å². The number of carbonyl (C=O) groups excluding carboxylic acids is 1. The number of benzene rings is 1. The van der Waals surface area contributed by atoms with E-state index >= 15 is 0 Å². The van der Waals surface area contributed by atoms with Gasteiger partial charge in [-0.3, -0.25) is 4.79 Å². The summed E-state index contributed by atoms with van der Waals surface area (Å²) >= 11 is 1.86. The molecule has 1 heterocycles. The SMILES string of the molecule is CSC1CN(C(=O)c2ccc(C)c(C)c2)CC1N(C)C. The molecule has 1 amide bonds. The van der Waals surface area contributed by atoms with Crippen LogP contribution >= 0.6 is 11.8 Å². The molecule has 3 nitrogen and oxygen atoms in total. The molecule has 1 fully saturated rings. The number of carbonyl (C=O) groups is 1. The van der Waals surface area contributed by atoms with Gasteiger partial charge in [0.15, 0.2) is 0 Å². The molecule has 110 valence electrons. The first-order chi connectivity index (χ1) is 9.43. The molecule has 0 radical (unpaired) electrons. The fraction of sp³-hybridized carbons (Fsp3) is 0.562. The summed E-state index contributed by atoms with van der Waals surface area (Å²) in [6, 6.07) is 6.44. The van der Waals surface area contributed by atoms with Crippen molar-refractivity contribution in [1.82, 2.24) is 9.80 Å². The van der Waals surface area contributed by atoms with Crippen molar-refractivity contribution in [2.45, 2.75) is 25.1 Å². The second-order valence-corrected chi connectivity index (χ2v) is 6.89. The van der Waals surface area contributed by atoms with Crippen molar-refractivity contribution in [3.05, 3.63) is 34.9 Å². The van der Waals surface area contributed by atoms with Crippen LogP contribution in [-0.2, 0) is 0 Å². The van der Waals surface area contributed by atoms with Crippen LogP contribution in [0.15, 0.2) is 18.2 Å². The average molecular weight is 292 g/mol. The Labute approximate surface area is 126 Å². The van der Waals surface area contributed by atoms with Gasteiger partial charge >= 0.3 is 0 Å². The fourth-order valence-electron chi connectivity index (χ4n) is 2.71. The molecule has 20 heavy (non-hydrogen) atoms. The Kier molecular flexibility index (Phi) is 4.76. The molecular weight excluding hydrogens is 268 g/mol. The minimum atomic E-state index is 0.163. The van der Waals surface area contributed by atoms with Gasteiger partial charge in [0.2, 0.25) is 0 Å². The van der Waals surface area contributed by atoms with Gasteiger partial charge in [0.05, 0.1) is 0 Å². The zero-order valence-corrected chi connectivity index (χ0v) is 13.8. The van der Waals surface area contributed by atoms with Crippen LogP contribution in [0.1, 0.15) is 21.5 Å². The largest absolute Gasteiger partial charge is 0.336 e.